The summed E-state index contributed by atoms with van der Waals surface area (Å²) in [4.78, 5) is 24.1. The average Bonchev–Trinajstić information content (AvgIpc) is 3.31. The molecule has 3 aromatic carbocycles. The van der Waals surface area contributed by atoms with Gasteiger partial charge in [0.15, 0.2) is 0 Å². The third kappa shape index (κ3) is 6.60. The van der Waals surface area contributed by atoms with Gasteiger partial charge in [0.2, 0.25) is 0 Å². The molecule has 0 saturated carbocycles. The van der Waals surface area contributed by atoms with E-state index in [4.69, 9.17) is 14.9 Å². The van der Waals surface area contributed by atoms with Crippen LogP contribution in [-0.4, -0.2) is 64.9 Å². The van der Waals surface area contributed by atoms with Gasteiger partial charge in [0.25, 0.3) is 0 Å². The van der Waals surface area contributed by atoms with Crippen molar-refractivity contribution in [1.29, 1.82) is 0 Å². The molecule has 2 N–H and O–H groups in total. The molecule has 8 heteroatoms. The summed E-state index contributed by atoms with van der Waals surface area (Å²) in [5, 5.41) is 17.0. The van der Waals surface area contributed by atoms with Crippen LogP contribution in [0.5, 0.6) is 5.75 Å². The second-order valence-electron chi connectivity index (χ2n) is 8.82. The first-order valence-corrected chi connectivity index (χ1v) is 12.3. The minimum atomic E-state index is -1.26. The van der Waals surface area contributed by atoms with Crippen LogP contribution < -0.4 is 9.64 Å². The molecule has 2 heterocycles. The highest BCUT2D eigenvalue weighted by Gasteiger charge is 2.21. The summed E-state index contributed by atoms with van der Waals surface area (Å²) < 4.78 is 7.87. The number of carbonyl (C=O) groups is 2. The predicted molar refractivity (Wildman–Crippen MR) is 148 cm³/mol. The van der Waals surface area contributed by atoms with E-state index in [0.717, 1.165) is 38.5 Å². The summed E-state index contributed by atoms with van der Waals surface area (Å²) in [6.45, 7) is 5.08. The number of benzene rings is 3. The highest BCUT2D eigenvalue weighted by molar-refractivity contribution is 5.89. The highest BCUT2D eigenvalue weighted by Crippen LogP contribution is 2.30. The molecule has 1 fully saturated rings. The van der Waals surface area contributed by atoms with Crippen LogP contribution in [0, 0.1) is 0 Å². The van der Waals surface area contributed by atoms with E-state index in [9.17, 15) is 9.59 Å². The molecule has 0 bridgehead atoms. The number of carboxylic acids is 2. The second kappa shape index (κ2) is 12.6. The van der Waals surface area contributed by atoms with Gasteiger partial charge in [-0.3, -0.25) is 4.90 Å². The molecule has 0 unspecified atom stereocenters. The Morgan fingerprint density at radius 3 is 2.08 bits per heavy atom. The standard InChI is InChI=1S/C26H27N3O.C4H4O4/c1-30-26-14-8-7-13-25(26)28-17-15-27(16-18-28)19-21-20-29(22-9-3-2-4-10-22)24-12-6-5-11-23(21)24;5-3(6)1-2-4(7)8/h2-14,20H,15-19H2,1H3;1-2H,(H,5,6)(H,7,8)/b;2-1+. The Balaban J connectivity index is 0.000000368. The van der Waals surface area contributed by atoms with Crippen LogP contribution >= 0.6 is 0 Å². The molecule has 8 nitrogen and oxygen atoms in total. The van der Waals surface area contributed by atoms with E-state index in [1.165, 1.54) is 27.8 Å². The van der Waals surface area contributed by atoms with Gasteiger partial charge in [-0.1, -0.05) is 48.5 Å². The fraction of sp³-hybridized carbons (Fsp3) is 0.200. The van der Waals surface area contributed by atoms with Gasteiger partial charge in [0, 0.05) is 62.1 Å². The smallest absolute Gasteiger partial charge is 0.328 e. The highest BCUT2D eigenvalue weighted by atomic mass is 16.5. The van der Waals surface area contributed by atoms with E-state index in [-0.39, 0.29) is 0 Å². The Labute approximate surface area is 221 Å². The van der Waals surface area contributed by atoms with Crippen molar-refractivity contribution < 1.29 is 24.5 Å². The number of fused-ring (bicyclic) bond motifs is 1. The number of methoxy groups -OCH3 is 1. The normalized spacial score (nSPS) is 13.8. The number of aliphatic carboxylic acids is 2. The zero-order valence-corrected chi connectivity index (χ0v) is 21.2. The van der Waals surface area contributed by atoms with Gasteiger partial charge in [-0.2, -0.15) is 0 Å². The monoisotopic (exact) mass is 513 g/mol. The molecule has 196 valence electrons. The van der Waals surface area contributed by atoms with Crippen molar-refractivity contribution in [3.63, 3.8) is 0 Å². The number of rotatable bonds is 7. The first kappa shape index (κ1) is 26.5. The number of anilines is 1. The van der Waals surface area contributed by atoms with E-state index in [0.29, 0.717) is 12.2 Å². The van der Waals surface area contributed by atoms with Crippen LogP contribution in [0.2, 0.25) is 0 Å². The third-order valence-corrected chi connectivity index (χ3v) is 6.39. The molecule has 4 aromatic rings. The van der Waals surface area contributed by atoms with Gasteiger partial charge in [0.1, 0.15) is 5.75 Å². The van der Waals surface area contributed by atoms with Crippen LogP contribution in [0.3, 0.4) is 0 Å². The van der Waals surface area contributed by atoms with Crippen LogP contribution in [-0.2, 0) is 16.1 Å². The lowest BCUT2D eigenvalue weighted by atomic mass is 10.1. The van der Waals surface area contributed by atoms with Gasteiger partial charge in [-0.05, 0) is 35.9 Å². The summed E-state index contributed by atoms with van der Waals surface area (Å²) in [6, 6.07) is 27.6. The van der Waals surface area contributed by atoms with Crippen LogP contribution in [0.15, 0.2) is 97.2 Å². The maximum Gasteiger partial charge on any atom is 0.328 e. The van der Waals surface area contributed by atoms with Gasteiger partial charge >= 0.3 is 11.9 Å². The first-order chi connectivity index (χ1) is 18.5. The van der Waals surface area contributed by atoms with Crippen molar-refractivity contribution in [2.75, 3.05) is 38.2 Å². The second-order valence-corrected chi connectivity index (χ2v) is 8.82. The van der Waals surface area contributed by atoms with Crippen molar-refractivity contribution in [3.8, 4) is 11.4 Å². The minimum absolute atomic E-state index is 0.558. The topological polar surface area (TPSA) is 95.2 Å². The fourth-order valence-electron chi connectivity index (χ4n) is 4.60. The Kier molecular flexibility index (Phi) is 8.79. The quantitative estimate of drug-likeness (QED) is 0.347. The number of para-hydroxylation sites is 4. The molecule has 1 aliphatic heterocycles. The molecule has 38 heavy (non-hydrogen) atoms. The first-order valence-electron chi connectivity index (χ1n) is 12.3. The van der Waals surface area contributed by atoms with Gasteiger partial charge < -0.3 is 24.4 Å². The van der Waals surface area contributed by atoms with Crippen LogP contribution in [0.1, 0.15) is 5.56 Å². The predicted octanol–water partition coefficient (Wildman–Crippen LogP) is 4.67. The molecule has 0 aliphatic carbocycles. The van der Waals surface area contributed by atoms with Crippen LogP contribution in [0.25, 0.3) is 16.6 Å². The lowest BCUT2D eigenvalue weighted by Crippen LogP contribution is -2.46. The molecular weight excluding hydrogens is 482 g/mol. The van der Waals surface area contributed by atoms with E-state index < -0.39 is 11.9 Å². The number of nitrogens with zero attached hydrogens (tertiary/aromatic N) is 3. The van der Waals surface area contributed by atoms with Crippen LogP contribution in [0.4, 0.5) is 5.69 Å². The Hall–Kier alpha value is -4.56. The Bertz CT molecular complexity index is 1390. The Morgan fingerprint density at radius 2 is 1.42 bits per heavy atom. The summed E-state index contributed by atoms with van der Waals surface area (Å²) in [7, 11) is 1.75. The molecule has 0 amide bonds. The summed E-state index contributed by atoms with van der Waals surface area (Å²) >= 11 is 0. The van der Waals surface area contributed by atoms with Crippen molar-refractivity contribution in [3.05, 3.63) is 103 Å². The van der Waals surface area contributed by atoms with Gasteiger partial charge in [0.05, 0.1) is 18.3 Å². The fourth-order valence-corrected chi connectivity index (χ4v) is 4.60. The molecule has 1 aromatic heterocycles. The molecule has 0 radical (unpaired) electrons. The third-order valence-electron chi connectivity index (χ3n) is 6.39. The number of aromatic nitrogens is 1. The van der Waals surface area contributed by atoms with E-state index in [1.54, 1.807) is 7.11 Å². The van der Waals surface area contributed by atoms with Crippen molar-refractivity contribution in [2.24, 2.45) is 0 Å². The van der Waals surface area contributed by atoms with Crippen molar-refractivity contribution in [1.82, 2.24) is 9.47 Å². The van der Waals surface area contributed by atoms with Gasteiger partial charge in [-0.15, -0.1) is 0 Å². The number of hydrogen-bond acceptors (Lipinski definition) is 5. The molecule has 5 rings (SSSR count). The van der Waals surface area contributed by atoms with E-state index >= 15 is 0 Å². The van der Waals surface area contributed by atoms with E-state index in [1.807, 2.05) is 12.1 Å². The number of ether oxygens (including phenoxy) is 1. The lowest BCUT2D eigenvalue weighted by Gasteiger charge is -2.36. The lowest BCUT2D eigenvalue weighted by molar-refractivity contribution is -0.134. The van der Waals surface area contributed by atoms with E-state index in [2.05, 4.69) is 87.3 Å². The largest absolute Gasteiger partial charge is 0.495 e. The average molecular weight is 514 g/mol. The molecule has 1 aliphatic rings. The molecule has 1 saturated heterocycles. The SMILES string of the molecule is COc1ccccc1N1CCN(Cc2cn(-c3ccccc3)c3ccccc23)CC1.O=C(O)/C=C/C(=O)O. The maximum atomic E-state index is 9.55. The number of piperazine rings is 1. The van der Waals surface area contributed by atoms with Crippen molar-refractivity contribution in [2.45, 2.75) is 6.54 Å². The molecule has 0 spiro atoms. The summed E-state index contributed by atoms with van der Waals surface area (Å²) in [5.74, 6) is -1.56. The maximum absolute atomic E-state index is 9.55. The van der Waals surface area contributed by atoms with Crippen molar-refractivity contribution >= 4 is 28.5 Å². The van der Waals surface area contributed by atoms with Gasteiger partial charge in [-0.25, -0.2) is 9.59 Å². The summed E-state index contributed by atoms with van der Waals surface area (Å²) in [5.41, 5.74) is 5.06. The number of hydrogen-bond donors (Lipinski definition) is 2. The summed E-state index contributed by atoms with van der Waals surface area (Å²) in [6.07, 6.45) is 3.43. The minimum Gasteiger partial charge on any atom is -0.495 e. The zero-order chi connectivity index (χ0) is 26.9. The number of carboxylic acid groups (broad SMARTS) is 2. The zero-order valence-electron chi connectivity index (χ0n) is 21.2. The molecule has 0 atom stereocenters. The molecular formula is C30H31N3O5. The Morgan fingerprint density at radius 1 is 0.816 bits per heavy atom.